The highest BCUT2D eigenvalue weighted by Gasteiger charge is 2.20. The second-order valence-corrected chi connectivity index (χ2v) is 6.89. The molecule has 3 N–H and O–H groups in total. The standard InChI is InChI=1S/C17H26N2O2/c1-11(2)10-14(15(18)20)19-16(21)12-6-8-13(9-7-12)17(3,4)5/h6-9,11,14H,10H2,1-5H3,(H2,18,20)(H,19,21)/t14-/m1/s1. The second kappa shape index (κ2) is 6.74. The molecule has 0 fully saturated rings. The summed E-state index contributed by atoms with van der Waals surface area (Å²) in [4.78, 5) is 23.6. The van der Waals surface area contributed by atoms with Gasteiger partial charge in [0.05, 0.1) is 0 Å². The Morgan fingerprint density at radius 2 is 1.67 bits per heavy atom. The maximum absolute atomic E-state index is 12.2. The summed E-state index contributed by atoms with van der Waals surface area (Å²) in [6, 6.07) is 6.82. The van der Waals surface area contributed by atoms with Gasteiger partial charge in [0.1, 0.15) is 6.04 Å². The zero-order valence-electron chi connectivity index (χ0n) is 13.6. The molecule has 0 aliphatic rings. The number of nitrogens with two attached hydrogens (primary N) is 1. The third-order valence-corrected chi connectivity index (χ3v) is 3.37. The van der Waals surface area contributed by atoms with Crippen molar-refractivity contribution in [3.8, 4) is 0 Å². The monoisotopic (exact) mass is 290 g/mol. The molecular formula is C17H26N2O2. The molecular weight excluding hydrogens is 264 g/mol. The summed E-state index contributed by atoms with van der Waals surface area (Å²) in [7, 11) is 0. The van der Waals surface area contributed by atoms with E-state index in [9.17, 15) is 9.59 Å². The SMILES string of the molecule is CC(C)C[C@@H](NC(=O)c1ccc(C(C)(C)C)cc1)C(N)=O. The lowest BCUT2D eigenvalue weighted by atomic mass is 9.86. The highest BCUT2D eigenvalue weighted by atomic mass is 16.2. The summed E-state index contributed by atoms with van der Waals surface area (Å²) in [5.41, 5.74) is 7.08. The summed E-state index contributed by atoms with van der Waals surface area (Å²) in [5.74, 6) is -0.477. The minimum Gasteiger partial charge on any atom is -0.368 e. The summed E-state index contributed by atoms with van der Waals surface area (Å²) in [6.45, 7) is 10.3. The fraction of sp³-hybridized carbons (Fsp3) is 0.529. The summed E-state index contributed by atoms with van der Waals surface area (Å²) < 4.78 is 0. The van der Waals surface area contributed by atoms with E-state index in [1.165, 1.54) is 0 Å². The van der Waals surface area contributed by atoms with Crippen molar-refractivity contribution in [1.82, 2.24) is 5.32 Å². The Morgan fingerprint density at radius 1 is 1.14 bits per heavy atom. The van der Waals surface area contributed by atoms with Crippen molar-refractivity contribution in [3.05, 3.63) is 35.4 Å². The average molecular weight is 290 g/mol. The van der Waals surface area contributed by atoms with E-state index in [1.807, 2.05) is 26.0 Å². The van der Waals surface area contributed by atoms with Crippen molar-refractivity contribution in [3.63, 3.8) is 0 Å². The molecule has 1 rings (SSSR count). The highest BCUT2D eigenvalue weighted by Crippen LogP contribution is 2.22. The Balaban J connectivity index is 2.81. The van der Waals surface area contributed by atoms with Crippen LogP contribution in [0.4, 0.5) is 0 Å². The molecule has 0 saturated heterocycles. The van der Waals surface area contributed by atoms with Crippen molar-refractivity contribution >= 4 is 11.8 Å². The van der Waals surface area contributed by atoms with Gasteiger partial charge in [0, 0.05) is 5.56 Å². The molecule has 1 aromatic rings. The molecule has 0 saturated carbocycles. The molecule has 116 valence electrons. The smallest absolute Gasteiger partial charge is 0.251 e. The fourth-order valence-electron chi connectivity index (χ4n) is 2.08. The third-order valence-electron chi connectivity index (χ3n) is 3.37. The van der Waals surface area contributed by atoms with Gasteiger partial charge in [-0.1, -0.05) is 46.8 Å². The van der Waals surface area contributed by atoms with Crippen LogP contribution in [0.3, 0.4) is 0 Å². The van der Waals surface area contributed by atoms with E-state index in [0.29, 0.717) is 12.0 Å². The first-order chi connectivity index (χ1) is 9.61. The van der Waals surface area contributed by atoms with Crippen molar-refractivity contribution in [2.24, 2.45) is 11.7 Å². The number of benzene rings is 1. The minimum atomic E-state index is -0.625. The molecule has 0 spiro atoms. The lowest BCUT2D eigenvalue weighted by molar-refractivity contribution is -0.120. The number of rotatable bonds is 5. The van der Waals surface area contributed by atoms with Crippen molar-refractivity contribution < 1.29 is 9.59 Å². The zero-order valence-corrected chi connectivity index (χ0v) is 13.6. The van der Waals surface area contributed by atoms with E-state index in [1.54, 1.807) is 12.1 Å². The van der Waals surface area contributed by atoms with Crippen LogP contribution in [-0.4, -0.2) is 17.9 Å². The molecule has 21 heavy (non-hydrogen) atoms. The van der Waals surface area contributed by atoms with Gasteiger partial charge >= 0.3 is 0 Å². The second-order valence-electron chi connectivity index (χ2n) is 6.89. The Kier molecular flexibility index (Phi) is 5.53. The van der Waals surface area contributed by atoms with Gasteiger partial charge < -0.3 is 11.1 Å². The average Bonchev–Trinajstić information content (AvgIpc) is 2.36. The van der Waals surface area contributed by atoms with Gasteiger partial charge in [0.15, 0.2) is 0 Å². The van der Waals surface area contributed by atoms with E-state index >= 15 is 0 Å². The van der Waals surface area contributed by atoms with E-state index in [4.69, 9.17) is 5.73 Å². The minimum absolute atomic E-state index is 0.0441. The highest BCUT2D eigenvalue weighted by molar-refractivity contribution is 5.97. The molecule has 0 bridgehead atoms. The van der Waals surface area contributed by atoms with Crippen LogP contribution in [0.1, 0.15) is 57.0 Å². The lowest BCUT2D eigenvalue weighted by Gasteiger charge is -2.20. The van der Waals surface area contributed by atoms with Crippen LogP contribution >= 0.6 is 0 Å². The molecule has 0 radical (unpaired) electrons. The predicted molar refractivity (Wildman–Crippen MR) is 85.0 cm³/mol. The van der Waals surface area contributed by atoms with Crippen LogP contribution in [-0.2, 0) is 10.2 Å². The number of carbonyl (C=O) groups is 2. The van der Waals surface area contributed by atoms with Gasteiger partial charge in [-0.15, -0.1) is 0 Å². The number of amides is 2. The number of primary amides is 1. The first-order valence-corrected chi connectivity index (χ1v) is 7.32. The Bertz CT molecular complexity index is 499. The first kappa shape index (κ1) is 17.2. The van der Waals surface area contributed by atoms with Crippen LogP contribution in [0.25, 0.3) is 0 Å². The quantitative estimate of drug-likeness (QED) is 0.875. The number of carbonyl (C=O) groups excluding carboxylic acids is 2. The van der Waals surface area contributed by atoms with Crippen LogP contribution in [0.2, 0.25) is 0 Å². The summed E-state index contributed by atoms with van der Waals surface area (Å²) in [5, 5.41) is 2.71. The van der Waals surface area contributed by atoms with Gasteiger partial charge in [-0.2, -0.15) is 0 Å². The van der Waals surface area contributed by atoms with Gasteiger partial charge in [0.25, 0.3) is 5.91 Å². The van der Waals surface area contributed by atoms with Gasteiger partial charge in [0.2, 0.25) is 5.91 Å². The molecule has 0 heterocycles. The van der Waals surface area contributed by atoms with Crippen LogP contribution in [0.15, 0.2) is 24.3 Å². The molecule has 0 aliphatic carbocycles. The van der Waals surface area contributed by atoms with Gasteiger partial charge in [-0.25, -0.2) is 0 Å². The summed E-state index contributed by atoms with van der Waals surface area (Å²) >= 11 is 0. The molecule has 2 amide bonds. The zero-order chi connectivity index (χ0) is 16.2. The summed E-state index contributed by atoms with van der Waals surface area (Å²) in [6.07, 6.45) is 0.543. The van der Waals surface area contributed by atoms with Crippen LogP contribution in [0.5, 0.6) is 0 Å². The van der Waals surface area contributed by atoms with E-state index < -0.39 is 11.9 Å². The molecule has 0 aromatic heterocycles. The largest absolute Gasteiger partial charge is 0.368 e. The van der Waals surface area contributed by atoms with Crippen molar-refractivity contribution in [2.45, 2.75) is 52.5 Å². The molecule has 4 nitrogen and oxygen atoms in total. The predicted octanol–water partition coefficient (Wildman–Crippen LogP) is 2.61. The number of nitrogens with one attached hydrogen (secondary N) is 1. The molecule has 1 atom stereocenters. The molecule has 0 aliphatic heterocycles. The topological polar surface area (TPSA) is 72.2 Å². The number of hydrogen-bond acceptors (Lipinski definition) is 2. The number of hydrogen-bond donors (Lipinski definition) is 2. The Morgan fingerprint density at radius 3 is 2.05 bits per heavy atom. The normalized spacial score (nSPS) is 13.0. The lowest BCUT2D eigenvalue weighted by Crippen LogP contribution is -2.45. The van der Waals surface area contributed by atoms with E-state index in [2.05, 4.69) is 26.1 Å². The van der Waals surface area contributed by atoms with Crippen molar-refractivity contribution in [1.29, 1.82) is 0 Å². The molecule has 4 heteroatoms. The van der Waals surface area contributed by atoms with Gasteiger partial charge in [-0.05, 0) is 35.4 Å². The van der Waals surface area contributed by atoms with Crippen molar-refractivity contribution in [2.75, 3.05) is 0 Å². The van der Waals surface area contributed by atoms with Crippen LogP contribution < -0.4 is 11.1 Å². The van der Waals surface area contributed by atoms with Gasteiger partial charge in [-0.3, -0.25) is 9.59 Å². The van der Waals surface area contributed by atoms with Crippen LogP contribution in [0, 0.1) is 5.92 Å². The van der Waals surface area contributed by atoms with E-state index in [0.717, 1.165) is 5.56 Å². The maximum atomic E-state index is 12.2. The fourth-order valence-corrected chi connectivity index (χ4v) is 2.08. The third kappa shape index (κ3) is 5.21. The first-order valence-electron chi connectivity index (χ1n) is 7.32. The molecule has 0 unspecified atom stereocenters. The Hall–Kier alpha value is -1.84. The van der Waals surface area contributed by atoms with E-state index in [-0.39, 0.29) is 17.2 Å². The maximum Gasteiger partial charge on any atom is 0.251 e. The Labute approximate surface area is 127 Å². The molecule has 1 aromatic carbocycles.